The van der Waals surface area contributed by atoms with Crippen molar-refractivity contribution >= 4 is 34.5 Å². The third kappa shape index (κ3) is 4.37. The van der Waals surface area contributed by atoms with Crippen LogP contribution in [-0.4, -0.2) is 23.5 Å². The summed E-state index contributed by atoms with van der Waals surface area (Å²) in [5.74, 6) is -0.875. The van der Waals surface area contributed by atoms with Crippen molar-refractivity contribution in [2.24, 2.45) is 0 Å². The zero-order valence-corrected chi connectivity index (χ0v) is 15.9. The van der Waals surface area contributed by atoms with Gasteiger partial charge < -0.3 is 14.5 Å². The second kappa shape index (κ2) is 8.86. The van der Waals surface area contributed by atoms with E-state index in [1.54, 1.807) is 6.92 Å². The molecule has 2 aromatic rings. The van der Waals surface area contributed by atoms with Gasteiger partial charge in [0.25, 0.3) is 0 Å². The molecule has 0 aliphatic heterocycles. The summed E-state index contributed by atoms with van der Waals surface area (Å²) in [6, 6.07) is 9.49. The lowest BCUT2D eigenvalue weighted by atomic mass is 10.1. The Bertz CT molecular complexity index is 709. The normalized spacial score (nSPS) is 10.5. The molecule has 0 amide bonds. The van der Waals surface area contributed by atoms with Crippen LogP contribution in [0.15, 0.2) is 30.3 Å². The SMILES string of the molecule is CCCc1c(C(=O)OCC)[nH]c(I)c1C(=O)OCc1ccccc1. The van der Waals surface area contributed by atoms with Crippen LogP contribution >= 0.6 is 22.6 Å². The minimum absolute atomic E-state index is 0.196. The lowest BCUT2D eigenvalue weighted by Crippen LogP contribution is -2.11. The molecule has 2 rings (SSSR count). The van der Waals surface area contributed by atoms with Crippen LogP contribution in [-0.2, 0) is 22.5 Å². The van der Waals surface area contributed by atoms with Gasteiger partial charge in [-0.15, -0.1) is 0 Å². The molecular weight excluding hydrogens is 421 g/mol. The van der Waals surface area contributed by atoms with E-state index in [0.29, 0.717) is 26.9 Å². The molecule has 1 aromatic heterocycles. The molecule has 1 aromatic carbocycles. The topological polar surface area (TPSA) is 68.4 Å². The molecule has 24 heavy (non-hydrogen) atoms. The Morgan fingerprint density at radius 1 is 1.08 bits per heavy atom. The van der Waals surface area contributed by atoms with Crippen molar-refractivity contribution in [3.8, 4) is 0 Å². The van der Waals surface area contributed by atoms with E-state index in [2.05, 4.69) is 4.98 Å². The third-order valence-electron chi connectivity index (χ3n) is 3.45. The first-order chi connectivity index (χ1) is 11.6. The Hall–Kier alpha value is -1.83. The molecule has 0 fully saturated rings. The van der Waals surface area contributed by atoms with Crippen molar-refractivity contribution in [1.82, 2.24) is 4.98 Å². The standard InChI is InChI=1S/C18H20INO4/c1-3-8-13-14(16(19)20-15(13)18(22)23-4-2)17(21)24-11-12-9-6-5-7-10-12/h5-7,9-10,20H,3-4,8,11H2,1-2H3. The second-order valence-electron chi connectivity index (χ2n) is 5.20. The average molecular weight is 441 g/mol. The van der Waals surface area contributed by atoms with Gasteiger partial charge in [-0.3, -0.25) is 0 Å². The Labute approximate surface area is 154 Å². The molecule has 1 heterocycles. The van der Waals surface area contributed by atoms with Gasteiger partial charge in [0.15, 0.2) is 0 Å². The molecule has 0 unspecified atom stereocenters. The number of esters is 2. The maximum atomic E-state index is 12.5. The van der Waals surface area contributed by atoms with Crippen LogP contribution in [0.2, 0.25) is 0 Å². The largest absolute Gasteiger partial charge is 0.461 e. The highest BCUT2D eigenvalue weighted by Crippen LogP contribution is 2.24. The molecule has 0 bridgehead atoms. The minimum atomic E-state index is -0.444. The zero-order chi connectivity index (χ0) is 17.5. The number of carbonyl (C=O) groups is 2. The van der Waals surface area contributed by atoms with Crippen LogP contribution in [0.3, 0.4) is 0 Å². The number of hydrogen-bond donors (Lipinski definition) is 1. The monoisotopic (exact) mass is 441 g/mol. The van der Waals surface area contributed by atoms with Crippen molar-refractivity contribution in [2.75, 3.05) is 6.61 Å². The fourth-order valence-corrected chi connectivity index (χ4v) is 3.21. The molecule has 0 saturated heterocycles. The lowest BCUT2D eigenvalue weighted by molar-refractivity contribution is 0.0470. The van der Waals surface area contributed by atoms with Gasteiger partial charge in [-0.2, -0.15) is 0 Å². The van der Waals surface area contributed by atoms with E-state index in [1.165, 1.54) is 0 Å². The van der Waals surface area contributed by atoms with E-state index >= 15 is 0 Å². The number of rotatable bonds is 7. The van der Waals surface area contributed by atoms with Gasteiger partial charge in [-0.1, -0.05) is 43.7 Å². The molecule has 0 radical (unpaired) electrons. The zero-order valence-electron chi connectivity index (χ0n) is 13.7. The fourth-order valence-electron chi connectivity index (χ4n) is 2.39. The summed E-state index contributed by atoms with van der Waals surface area (Å²) in [5.41, 5.74) is 2.35. The Balaban J connectivity index is 2.24. The van der Waals surface area contributed by atoms with E-state index in [9.17, 15) is 9.59 Å². The molecule has 0 spiro atoms. The molecule has 0 aliphatic rings. The summed E-state index contributed by atoms with van der Waals surface area (Å²) in [6.45, 7) is 4.23. The van der Waals surface area contributed by atoms with E-state index in [-0.39, 0.29) is 13.2 Å². The van der Waals surface area contributed by atoms with Crippen LogP contribution in [0.5, 0.6) is 0 Å². The smallest absolute Gasteiger partial charge is 0.355 e. The summed E-state index contributed by atoms with van der Waals surface area (Å²) >= 11 is 2.01. The average Bonchev–Trinajstić information content (AvgIpc) is 2.91. The maximum Gasteiger partial charge on any atom is 0.355 e. The number of H-pyrrole nitrogens is 1. The number of aromatic amines is 1. The first-order valence-electron chi connectivity index (χ1n) is 7.86. The van der Waals surface area contributed by atoms with Gasteiger partial charge in [0.05, 0.1) is 15.9 Å². The molecule has 0 atom stereocenters. The Morgan fingerprint density at radius 3 is 2.42 bits per heavy atom. The van der Waals surface area contributed by atoms with Crippen molar-refractivity contribution in [2.45, 2.75) is 33.3 Å². The predicted octanol–water partition coefficient (Wildman–Crippen LogP) is 4.11. The molecule has 5 nitrogen and oxygen atoms in total. The van der Waals surface area contributed by atoms with Crippen LogP contribution in [0.1, 0.15) is 52.2 Å². The first kappa shape index (κ1) is 18.5. The first-order valence-corrected chi connectivity index (χ1v) is 8.94. The number of aromatic nitrogens is 1. The highest BCUT2D eigenvalue weighted by Gasteiger charge is 2.26. The summed E-state index contributed by atoms with van der Waals surface area (Å²) in [6.07, 6.45) is 1.41. The Morgan fingerprint density at radius 2 is 1.79 bits per heavy atom. The molecule has 128 valence electrons. The van der Waals surface area contributed by atoms with Gasteiger partial charge in [-0.05, 0) is 41.5 Å². The minimum Gasteiger partial charge on any atom is -0.461 e. The van der Waals surface area contributed by atoms with Crippen LogP contribution < -0.4 is 0 Å². The quantitative estimate of drug-likeness (QED) is 0.519. The number of ether oxygens (including phenoxy) is 2. The number of hydrogen-bond acceptors (Lipinski definition) is 4. The second-order valence-corrected chi connectivity index (χ2v) is 6.28. The summed E-state index contributed by atoms with van der Waals surface area (Å²) in [7, 11) is 0. The van der Waals surface area contributed by atoms with Crippen molar-refractivity contribution in [3.05, 3.63) is 56.4 Å². The van der Waals surface area contributed by atoms with E-state index in [0.717, 1.165) is 12.0 Å². The van der Waals surface area contributed by atoms with Gasteiger partial charge >= 0.3 is 11.9 Å². The van der Waals surface area contributed by atoms with Gasteiger partial charge in [-0.25, -0.2) is 9.59 Å². The summed E-state index contributed by atoms with van der Waals surface area (Å²) in [4.78, 5) is 27.6. The number of halogens is 1. The summed E-state index contributed by atoms with van der Waals surface area (Å²) in [5, 5.41) is 0. The van der Waals surface area contributed by atoms with E-state index in [1.807, 2.05) is 59.8 Å². The van der Waals surface area contributed by atoms with E-state index < -0.39 is 11.9 Å². The van der Waals surface area contributed by atoms with Gasteiger partial charge in [0.2, 0.25) is 0 Å². The fraction of sp³-hybridized carbons (Fsp3) is 0.333. The molecular formula is C18H20INO4. The number of carbonyl (C=O) groups excluding carboxylic acids is 2. The van der Waals surface area contributed by atoms with E-state index in [4.69, 9.17) is 9.47 Å². The molecule has 6 heteroatoms. The maximum absolute atomic E-state index is 12.5. The van der Waals surface area contributed by atoms with Crippen molar-refractivity contribution in [3.63, 3.8) is 0 Å². The summed E-state index contributed by atoms with van der Waals surface area (Å²) < 4.78 is 11.1. The molecule has 0 aliphatic carbocycles. The van der Waals surface area contributed by atoms with Crippen LogP contribution in [0, 0.1) is 3.70 Å². The highest BCUT2D eigenvalue weighted by atomic mass is 127. The number of nitrogens with one attached hydrogen (secondary N) is 1. The molecule has 1 N–H and O–H groups in total. The number of benzene rings is 1. The molecule has 0 saturated carbocycles. The third-order valence-corrected chi connectivity index (χ3v) is 4.26. The Kier molecular flexibility index (Phi) is 6.84. The predicted molar refractivity (Wildman–Crippen MR) is 99.0 cm³/mol. The van der Waals surface area contributed by atoms with Crippen molar-refractivity contribution < 1.29 is 19.1 Å². The van der Waals surface area contributed by atoms with Crippen LogP contribution in [0.25, 0.3) is 0 Å². The highest BCUT2D eigenvalue weighted by molar-refractivity contribution is 14.1. The van der Waals surface area contributed by atoms with Crippen LogP contribution in [0.4, 0.5) is 0 Å². The van der Waals surface area contributed by atoms with Crippen molar-refractivity contribution in [1.29, 1.82) is 0 Å². The lowest BCUT2D eigenvalue weighted by Gasteiger charge is -2.07. The van der Waals surface area contributed by atoms with Gasteiger partial charge in [0.1, 0.15) is 12.3 Å². The van der Waals surface area contributed by atoms with Gasteiger partial charge in [0, 0.05) is 5.56 Å².